The van der Waals surface area contributed by atoms with Crippen LogP contribution < -0.4 is 5.32 Å². The molecule has 0 unspecified atom stereocenters. The van der Waals surface area contributed by atoms with Crippen molar-refractivity contribution >= 4 is 44.2 Å². The van der Waals surface area contributed by atoms with Crippen LogP contribution in [0.4, 0.5) is 5.69 Å². The lowest BCUT2D eigenvalue weighted by Crippen LogP contribution is -2.28. The first-order chi connectivity index (χ1) is 14.4. The average molecular weight is 449 g/mol. The van der Waals surface area contributed by atoms with Gasteiger partial charge in [0.25, 0.3) is 5.91 Å². The largest absolute Gasteiger partial charge is 0.451 e. The average Bonchev–Trinajstić information content (AvgIpc) is 3.39. The molecule has 1 aliphatic heterocycles. The van der Waals surface area contributed by atoms with Gasteiger partial charge in [-0.1, -0.05) is 29.8 Å². The van der Waals surface area contributed by atoms with Crippen molar-refractivity contribution in [1.29, 1.82) is 0 Å². The number of methoxy groups -OCH3 is 1. The van der Waals surface area contributed by atoms with E-state index < -0.39 is 15.9 Å². The van der Waals surface area contributed by atoms with E-state index in [0.717, 1.165) is 18.2 Å². The predicted molar refractivity (Wildman–Crippen MR) is 114 cm³/mol. The van der Waals surface area contributed by atoms with Crippen molar-refractivity contribution in [1.82, 2.24) is 4.31 Å². The fourth-order valence-electron chi connectivity index (χ4n) is 3.60. The lowest BCUT2D eigenvalue weighted by atomic mass is 10.1. The molecule has 158 valence electrons. The van der Waals surface area contributed by atoms with Crippen LogP contribution in [0.5, 0.6) is 0 Å². The number of nitrogens with one attached hydrogen (secondary N) is 1. The van der Waals surface area contributed by atoms with Crippen LogP contribution in [0.25, 0.3) is 11.0 Å². The highest BCUT2D eigenvalue weighted by Crippen LogP contribution is 2.31. The highest BCUT2D eigenvalue weighted by molar-refractivity contribution is 7.89. The summed E-state index contributed by atoms with van der Waals surface area (Å²) >= 11 is 6.18. The molecule has 2 aromatic carbocycles. The zero-order chi connectivity index (χ0) is 21.3. The van der Waals surface area contributed by atoms with Gasteiger partial charge >= 0.3 is 0 Å². The number of halogens is 1. The highest BCUT2D eigenvalue weighted by atomic mass is 35.5. The minimum Gasteiger partial charge on any atom is -0.451 e. The summed E-state index contributed by atoms with van der Waals surface area (Å²) in [5.74, 6) is -0.373. The van der Waals surface area contributed by atoms with Crippen molar-refractivity contribution < 1.29 is 22.4 Å². The minimum absolute atomic E-state index is 0.0226. The third kappa shape index (κ3) is 3.83. The van der Waals surface area contributed by atoms with Crippen molar-refractivity contribution in [2.75, 3.05) is 25.5 Å². The fraction of sp³-hybridized carbons (Fsp3) is 0.286. The Labute approximate surface area is 179 Å². The number of benzene rings is 2. The summed E-state index contributed by atoms with van der Waals surface area (Å²) in [6, 6.07) is 11.7. The lowest BCUT2D eigenvalue weighted by Gasteiger charge is -2.17. The lowest BCUT2D eigenvalue weighted by molar-refractivity contribution is 0.0992. The topological polar surface area (TPSA) is 88.8 Å². The van der Waals surface area contributed by atoms with Gasteiger partial charge in [-0.25, -0.2) is 8.42 Å². The van der Waals surface area contributed by atoms with Gasteiger partial charge in [0, 0.05) is 36.8 Å². The fourth-order valence-corrected chi connectivity index (χ4v) is 5.62. The van der Waals surface area contributed by atoms with Crippen LogP contribution in [0.2, 0.25) is 5.02 Å². The Hall–Kier alpha value is -2.39. The molecule has 0 atom stereocenters. The summed E-state index contributed by atoms with van der Waals surface area (Å²) in [6.07, 6.45) is 1.64. The van der Waals surface area contributed by atoms with Gasteiger partial charge in [0.15, 0.2) is 5.76 Å². The van der Waals surface area contributed by atoms with Gasteiger partial charge in [-0.2, -0.15) is 4.31 Å². The molecule has 9 heteroatoms. The first-order valence-corrected chi connectivity index (χ1v) is 11.3. The zero-order valence-corrected chi connectivity index (χ0v) is 17.9. The summed E-state index contributed by atoms with van der Waals surface area (Å²) in [7, 11) is -2.18. The molecule has 1 fully saturated rings. The molecule has 1 N–H and O–H groups in total. The van der Waals surface area contributed by atoms with Crippen LogP contribution in [-0.2, 0) is 21.4 Å². The van der Waals surface area contributed by atoms with Gasteiger partial charge in [-0.15, -0.1) is 0 Å². The van der Waals surface area contributed by atoms with E-state index in [1.54, 1.807) is 12.1 Å². The first-order valence-electron chi connectivity index (χ1n) is 9.52. The number of hydrogen-bond acceptors (Lipinski definition) is 5. The van der Waals surface area contributed by atoms with E-state index in [0.29, 0.717) is 29.9 Å². The van der Waals surface area contributed by atoms with Crippen molar-refractivity contribution in [3.8, 4) is 0 Å². The number of fused-ring (bicyclic) bond motifs is 1. The van der Waals surface area contributed by atoms with Crippen LogP contribution in [-0.4, -0.2) is 38.8 Å². The Balaban J connectivity index is 1.66. The number of nitrogens with zero attached hydrogens (tertiary/aromatic N) is 1. The van der Waals surface area contributed by atoms with Crippen molar-refractivity contribution in [3.05, 3.63) is 58.8 Å². The molecule has 4 rings (SSSR count). The number of amides is 1. The van der Waals surface area contributed by atoms with Gasteiger partial charge in [0.1, 0.15) is 10.5 Å². The van der Waals surface area contributed by atoms with Gasteiger partial charge in [0.05, 0.1) is 11.6 Å². The number of hydrogen-bond donors (Lipinski definition) is 1. The Bertz CT molecular complexity index is 1200. The SMILES string of the molecule is COCc1c(C(=O)Nc2ccc(Cl)c(S(=O)(=O)N3CCCC3)c2)oc2ccccc12. The Morgan fingerprint density at radius 3 is 2.67 bits per heavy atom. The molecule has 1 aliphatic rings. The van der Waals surface area contributed by atoms with Crippen molar-refractivity contribution in [3.63, 3.8) is 0 Å². The molecule has 1 aromatic heterocycles. The Kier molecular flexibility index (Phi) is 5.84. The summed E-state index contributed by atoms with van der Waals surface area (Å²) in [5, 5.41) is 3.62. The maximum Gasteiger partial charge on any atom is 0.291 e. The molecule has 0 bridgehead atoms. The Morgan fingerprint density at radius 1 is 1.20 bits per heavy atom. The number of carbonyl (C=O) groups is 1. The number of anilines is 1. The third-order valence-electron chi connectivity index (χ3n) is 5.07. The normalized spacial score (nSPS) is 15.0. The summed E-state index contributed by atoms with van der Waals surface area (Å²) in [5.41, 5.74) is 1.51. The van der Waals surface area contributed by atoms with E-state index in [1.807, 2.05) is 18.2 Å². The number of carbonyl (C=O) groups excluding carboxylic acids is 1. The number of rotatable bonds is 6. The predicted octanol–water partition coefficient (Wildman–Crippen LogP) is 4.27. The zero-order valence-electron chi connectivity index (χ0n) is 16.4. The van der Waals surface area contributed by atoms with Crippen LogP contribution in [0.1, 0.15) is 29.0 Å². The molecule has 0 aliphatic carbocycles. The maximum atomic E-state index is 12.9. The molecule has 1 saturated heterocycles. The second-order valence-electron chi connectivity index (χ2n) is 7.05. The van der Waals surface area contributed by atoms with E-state index in [2.05, 4.69) is 5.32 Å². The first kappa shape index (κ1) is 20.9. The standard InChI is InChI=1S/C21H21ClN2O5S/c1-28-13-16-15-6-2-3-7-18(15)29-20(16)21(25)23-14-8-9-17(22)19(12-14)30(26,27)24-10-4-5-11-24/h2-3,6-9,12H,4-5,10-11,13H2,1H3,(H,23,25). The number of para-hydroxylation sites is 1. The molecule has 0 radical (unpaired) electrons. The number of furan rings is 1. The minimum atomic E-state index is -3.72. The molecule has 0 spiro atoms. The molecule has 7 nitrogen and oxygen atoms in total. The second kappa shape index (κ2) is 8.39. The highest BCUT2D eigenvalue weighted by Gasteiger charge is 2.29. The van der Waals surface area contributed by atoms with Crippen LogP contribution in [0.3, 0.4) is 0 Å². The summed E-state index contributed by atoms with van der Waals surface area (Å²) in [4.78, 5) is 12.9. The second-order valence-corrected chi connectivity index (χ2v) is 9.36. The summed E-state index contributed by atoms with van der Waals surface area (Å²) < 4.78 is 38.2. The Morgan fingerprint density at radius 2 is 1.93 bits per heavy atom. The van der Waals surface area contributed by atoms with Crippen LogP contribution >= 0.6 is 11.6 Å². The molecular formula is C21H21ClN2O5S. The molecular weight excluding hydrogens is 428 g/mol. The molecule has 1 amide bonds. The quantitative estimate of drug-likeness (QED) is 0.608. The van der Waals surface area contributed by atoms with E-state index in [9.17, 15) is 13.2 Å². The van der Waals surface area contributed by atoms with Gasteiger partial charge < -0.3 is 14.5 Å². The van der Waals surface area contributed by atoms with Gasteiger partial charge in [-0.3, -0.25) is 4.79 Å². The summed E-state index contributed by atoms with van der Waals surface area (Å²) in [6.45, 7) is 1.14. The van der Waals surface area contributed by atoms with Gasteiger partial charge in [0.2, 0.25) is 10.0 Å². The van der Waals surface area contributed by atoms with E-state index in [-0.39, 0.29) is 22.3 Å². The van der Waals surface area contributed by atoms with Gasteiger partial charge in [-0.05, 0) is 37.1 Å². The molecule has 30 heavy (non-hydrogen) atoms. The van der Waals surface area contributed by atoms with Crippen molar-refractivity contribution in [2.45, 2.75) is 24.3 Å². The molecule has 2 heterocycles. The van der Waals surface area contributed by atoms with E-state index in [4.69, 9.17) is 20.8 Å². The van der Waals surface area contributed by atoms with E-state index in [1.165, 1.54) is 23.5 Å². The smallest absolute Gasteiger partial charge is 0.291 e. The molecule has 3 aromatic rings. The van der Waals surface area contributed by atoms with E-state index >= 15 is 0 Å². The van der Waals surface area contributed by atoms with Crippen molar-refractivity contribution in [2.24, 2.45) is 0 Å². The third-order valence-corrected chi connectivity index (χ3v) is 7.45. The maximum absolute atomic E-state index is 12.9. The number of ether oxygens (including phenoxy) is 1. The molecule has 0 saturated carbocycles. The monoisotopic (exact) mass is 448 g/mol. The van der Waals surface area contributed by atoms with Crippen LogP contribution in [0, 0.1) is 0 Å². The van der Waals surface area contributed by atoms with Crippen LogP contribution in [0.15, 0.2) is 51.8 Å². The number of sulfonamides is 1.